The first-order chi connectivity index (χ1) is 9.56. The van der Waals surface area contributed by atoms with E-state index in [0.717, 1.165) is 0 Å². The smallest absolute Gasteiger partial charge is 0.288 e. The number of aromatic nitrogens is 1. The van der Waals surface area contributed by atoms with Crippen LogP contribution in [0.2, 0.25) is 0 Å². The number of anilines is 2. The van der Waals surface area contributed by atoms with Gasteiger partial charge in [-0.15, -0.1) is 0 Å². The molecule has 0 spiro atoms. The van der Waals surface area contributed by atoms with Gasteiger partial charge in [0.1, 0.15) is 5.82 Å². The molecule has 0 aliphatic carbocycles. The summed E-state index contributed by atoms with van der Waals surface area (Å²) in [5.74, 6) is -2.68. The van der Waals surface area contributed by atoms with Crippen LogP contribution < -0.4 is 11.1 Å². The summed E-state index contributed by atoms with van der Waals surface area (Å²) in [5.41, 5.74) is 6.06. The number of carbonyl (C=O) groups is 1. The van der Waals surface area contributed by atoms with Crippen LogP contribution >= 0.6 is 11.8 Å². The van der Waals surface area contributed by atoms with Gasteiger partial charge in [-0.2, -0.15) is 8.78 Å². The van der Waals surface area contributed by atoms with Crippen molar-refractivity contribution in [3.63, 3.8) is 0 Å². The van der Waals surface area contributed by atoms with Crippen molar-refractivity contribution in [1.82, 2.24) is 4.98 Å². The Morgan fingerprint density at radius 3 is 2.65 bits per heavy atom. The first kappa shape index (κ1) is 14.3. The van der Waals surface area contributed by atoms with Crippen LogP contribution in [-0.2, 0) is 0 Å². The van der Waals surface area contributed by atoms with Crippen LogP contribution in [-0.4, -0.2) is 16.6 Å². The highest BCUT2D eigenvalue weighted by Gasteiger charge is 2.12. The largest absolute Gasteiger partial charge is 0.384 e. The molecule has 0 radical (unpaired) electrons. The van der Waals surface area contributed by atoms with Crippen molar-refractivity contribution < 1.29 is 13.6 Å². The number of hydrogen-bond acceptors (Lipinski definition) is 4. The number of halogens is 2. The minimum atomic E-state index is -2.55. The summed E-state index contributed by atoms with van der Waals surface area (Å²) in [4.78, 5) is 16.1. The van der Waals surface area contributed by atoms with Crippen molar-refractivity contribution in [3.05, 3.63) is 48.2 Å². The van der Waals surface area contributed by atoms with Crippen LogP contribution in [0.1, 0.15) is 10.4 Å². The zero-order chi connectivity index (χ0) is 14.5. The SMILES string of the molecule is Nc1ccc(C(=O)Nc2ccccc2SC(F)F)cn1. The molecule has 0 fully saturated rings. The molecule has 104 valence electrons. The number of alkyl halides is 2. The fourth-order valence-corrected chi connectivity index (χ4v) is 2.10. The van der Waals surface area contributed by atoms with E-state index in [1.54, 1.807) is 18.2 Å². The van der Waals surface area contributed by atoms with Gasteiger partial charge in [0.05, 0.1) is 11.3 Å². The van der Waals surface area contributed by atoms with E-state index in [1.165, 1.54) is 24.4 Å². The number of carbonyl (C=O) groups excluding carboxylic acids is 1. The molecule has 1 aromatic heterocycles. The highest BCUT2D eigenvalue weighted by atomic mass is 32.2. The van der Waals surface area contributed by atoms with Crippen molar-refractivity contribution in [2.24, 2.45) is 0 Å². The molecule has 0 unspecified atom stereocenters. The number of rotatable bonds is 4. The van der Waals surface area contributed by atoms with Crippen LogP contribution in [0.5, 0.6) is 0 Å². The van der Waals surface area contributed by atoms with E-state index >= 15 is 0 Å². The molecule has 4 nitrogen and oxygen atoms in total. The summed E-state index contributed by atoms with van der Waals surface area (Å²) in [6.45, 7) is 0. The lowest BCUT2D eigenvalue weighted by Crippen LogP contribution is -2.13. The van der Waals surface area contributed by atoms with E-state index in [-0.39, 0.29) is 0 Å². The van der Waals surface area contributed by atoms with E-state index in [4.69, 9.17) is 5.73 Å². The fourth-order valence-electron chi connectivity index (χ4n) is 1.50. The van der Waals surface area contributed by atoms with Gasteiger partial charge in [0.15, 0.2) is 0 Å². The van der Waals surface area contributed by atoms with Gasteiger partial charge >= 0.3 is 0 Å². The molecule has 0 atom stereocenters. The van der Waals surface area contributed by atoms with Gasteiger partial charge in [-0.3, -0.25) is 4.79 Å². The molecule has 2 rings (SSSR count). The molecule has 20 heavy (non-hydrogen) atoms. The fraction of sp³-hybridized carbons (Fsp3) is 0.0769. The Morgan fingerprint density at radius 1 is 1.25 bits per heavy atom. The summed E-state index contributed by atoms with van der Waals surface area (Å²) < 4.78 is 24.9. The summed E-state index contributed by atoms with van der Waals surface area (Å²) in [7, 11) is 0. The van der Waals surface area contributed by atoms with E-state index in [9.17, 15) is 13.6 Å². The molecular weight excluding hydrogens is 284 g/mol. The Balaban J connectivity index is 2.17. The second-order valence-corrected chi connectivity index (χ2v) is 4.83. The van der Waals surface area contributed by atoms with Gasteiger partial charge in [0, 0.05) is 11.1 Å². The first-order valence-electron chi connectivity index (χ1n) is 5.63. The molecule has 0 saturated carbocycles. The molecule has 1 heterocycles. The number of hydrogen-bond donors (Lipinski definition) is 2. The number of amides is 1. The molecular formula is C13H11F2N3OS. The van der Waals surface area contributed by atoms with Crippen molar-refractivity contribution in [1.29, 1.82) is 0 Å². The van der Waals surface area contributed by atoms with E-state index < -0.39 is 11.7 Å². The van der Waals surface area contributed by atoms with Crippen molar-refractivity contribution in [2.45, 2.75) is 10.7 Å². The molecule has 3 N–H and O–H groups in total. The van der Waals surface area contributed by atoms with Gasteiger partial charge in [-0.1, -0.05) is 23.9 Å². The third-order valence-corrected chi connectivity index (χ3v) is 3.19. The number of nitrogens with two attached hydrogens (primary N) is 1. The minimum absolute atomic E-state index is 0.301. The summed E-state index contributed by atoms with van der Waals surface area (Å²) in [5, 5.41) is 2.58. The van der Waals surface area contributed by atoms with Crippen molar-refractivity contribution >= 4 is 29.2 Å². The maximum atomic E-state index is 12.4. The van der Waals surface area contributed by atoms with Gasteiger partial charge in [-0.25, -0.2) is 4.98 Å². The second kappa shape index (κ2) is 6.33. The van der Waals surface area contributed by atoms with Crippen molar-refractivity contribution in [2.75, 3.05) is 11.1 Å². The monoisotopic (exact) mass is 295 g/mol. The third-order valence-electron chi connectivity index (χ3n) is 2.40. The average Bonchev–Trinajstić information content (AvgIpc) is 2.41. The Labute approximate surface area is 118 Å². The highest BCUT2D eigenvalue weighted by Crippen LogP contribution is 2.31. The summed E-state index contributed by atoms with van der Waals surface area (Å²) >= 11 is 0.381. The molecule has 1 amide bonds. The van der Waals surface area contributed by atoms with E-state index in [1.807, 2.05) is 0 Å². The minimum Gasteiger partial charge on any atom is -0.384 e. The molecule has 0 aliphatic rings. The number of nitrogens with one attached hydrogen (secondary N) is 1. The predicted molar refractivity (Wildman–Crippen MR) is 74.9 cm³/mol. The van der Waals surface area contributed by atoms with Gasteiger partial charge in [0.2, 0.25) is 0 Å². The number of para-hydroxylation sites is 1. The first-order valence-corrected chi connectivity index (χ1v) is 6.51. The molecule has 7 heteroatoms. The summed E-state index contributed by atoms with van der Waals surface area (Å²) in [6.07, 6.45) is 1.33. The summed E-state index contributed by atoms with van der Waals surface area (Å²) in [6, 6.07) is 9.38. The molecule has 0 bridgehead atoms. The van der Waals surface area contributed by atoms with Gasteiger partial charge in [-0.05, 0) is 24.3 Å². The van der Waals surface area contributed by atoms with E-state index in [0.29, 0.717) is 33.7 Å². The lowest BCUT2D eigenvalue weighted by molar-refractivity contribution is 0.102. The number of nitrogen functional groups attached to an aromatic ring is 1. The zero-order valence-corrected chi connectivity index (χ0v) is 11.0. The topological polar surface area (TPSA) is 68.0 Å². The number of benzene rings is 1. The Kier molecular flexibility index (Phi) is 4.52. The Hall–Kier alpha value is -2.15. The highest BCUT2D eigenvalue weighted by molar-refractivity contribution is 7.99. The number of thioether (sulfide) groups is 1. The molecule has 1 aromatic carbocycles. The van der Waals surface area contributed by atoms with Crippen molar-refractivity contribution in [3.8, 4) is 0 Å². The predicted octanol–water partition coefficient (Wildman–Crippen LogP) is 3.23. The molecule has 0 saturated heterocycles. The zero-order valence-electron chi connectivity index (χ0n) is 10.2. The molecule has 0 aliphatic heterocycles. The van der Waals surface area contributed by atoms with Crippen LogP contribution in [0.4, 0.5) is 20.3 Å². The Morgan fingerprint density at radius 2 is 2.00 bits per heavy atom. The molecule has 2 aromatic rings. The van der Waals surface area contributed by atoms with Gasteiger partial charge < -0.3 is 11.1 Å². The van der Waals surface area contributed by atoms with Crippen LogP contribution in [0, 0.1) is 0 Å². The Bertz CT molecular complexity index is 605. The van der Waals surface area contributed by atoms with E-state index in [2.05, 4.69) is 10.3 Å². The van der Waals surface area contributed by atoms with Crippen LogP contribution in [0.25, 0.3) is 0 Å². The maximum absolute atomic E-state index is 12.4. The standard InChI is InChI=1S/C13H11F2N3OS/c14-13(15)20-10-4-2-1-3-9(10)18-12(19)8-5-6-11(16)17-7-8/h1-7,13H,(H2,16,17)(H,18,19). The average molecular weight is 295 g/mol. The van der Waals surface area contributed by atoms with Gasteiger partial charge in [0.25, 0.3) is 11.7 Å². The number of pyridine rings is 1. The lowest BCUT2D eigenvalue weighted by atomic mass is 10.2. The van der Waals surface area contributed by atoms with Crippen LogP contribution in [0.3, 0.4) is 0 Å². The van der Waals surface area contributed by atoms with Crippen LogP contribution in [0.15, 0.2) is 47.5 Å². The normalized spacial score (nSPS) is 10.6. The third kappa shape index (κ3) is 3.67. The lowest BCUT2D eigenvalue weighted by Gasteiger charge is -2.10. The second-order valence-electron chi connectivity index (χ2n) is 3.80. The quantitative estimate of drug-likeness (QED) is 0.850. The number of nitrogens with zero attached hydrogens (tertiary/aromatic N) is 1. The maximum Gasteiger partial charge on any atom is 0.288 e.